The molecule has 1 atom stereocenters. The Morgan fingerprint density at radius 1 is 1.11 bits per heavy atom. The second-order valence-electron chi connectivity index (χ2n) is 6.01. The lowest BCUT2D eigenvalue weighted by Crippen LogP contribution is -2.05. The molecule has 2 rings (SSSR count). The number of nitrogens with zero attached hydrogens (tertiary/aromatic N) is 1. The number of aliphatic hydroxyl groups excluding tert-OH is 1. The molecule has 1 aromatic heterocycles. The molecule has 0 spiro atoms. The van der Waals surface area contributed by atoms with E-state index < -0.39 is 0 Å². The molecule has 1 aliphatic rings. The van der Waals surface area contributed by atoms with Crippen molar-refractivity contribution in [2.24, 2.45) is 0 Å². The first-order valence-corrected chi connectivity index (χ1v) is 8.18. The van der Waals surface area contributed by atoms with Crippen molar-refractivity contribution in [2.75, 3.05) is 0 Å². The van der Waals surface area contributed by atoms with Crippen molar-refractivity contribution in [3.8, 4) is 0 Å². The average Bonchev–Trinajstić information content (AvgIpc) is 2.82. The fourth-order valence-corrected chi connectivity index (χ4v) is 3.10. The summed E-state index contributed by atoms with van der Waals surface area (Å²) in [6, 6.07) is 0. The van der Waals surface area contributed by atoms with Crippen LogP contribution >= 0.6 is 0 Å². The van der Waals surface area contributed by atoms with Gasteiger partial charge in [0.25, 0.3) is 0 Å². The van der Waals surface area contributed by atoms with Crippen molar-refractivity contribution in [3.63, 3.8) is 0 Å². The standard InChI is InChI=1S/C17H29NO/c1-2-3-4-5-6-7-8-12-18-13-15-10-9-11-17(19)16(15)14-18/h13-14,17,19H,2-12H2,1H3. The van der Waals surface area contributed by atoms with Crippen LogP contribution in [0.25, 0.3) is 0 Å². The van der Waals surface area contributed by atoms with E-state index >= 15 is 0 Å². The molecule has 0 aromatic carbocycles. The Hall–Kier alpha value is -0.760. The molecule has 0 bridgehead atoms. The van der Waals surface area contributed by atoms with E-state index in [1.54, 1.807) is 0 Å². The van der Waals surface area contributed by atoms with Gasteiger partial charge in [-0.3, -0.25) is 0 Å². The zero-order valence-corrected chi connectivity index (χ0v) is 12.4. The first-order valence-electron chi connectivity index (χ1n) is 8.18. The van der Waals surface area contributed by atoms with Gasteiger partial charge in [-0.15, -0.1) is 0 Å². The summed E-state index contributed by atoms with van der Waals surface area (Å²) >= 11 is 0. The van der Waals surface area contributed by atoms with Crippen LogP contribution in [0, 0.1) is 0 Å². The van der Waals surface area contributed by atoms with E-state index in [0.29, 0.717) is 0 Å². The second kappa shape index (κ2) is 7.74. The van der Waals surface area contributed by atoms with Gasteiger partial charge in [0.15, 0.2) is 0 Å². The van der Waals surface area contributed by atoms with Crippen molar-refractivity contribution in [2.45, 2.75) is 83.8 Å². The molecule has 1 heterocycles. The third-order valence-electron chi connectivity index (χ3n) is 4.30. The maximum absolute atomic E-state index is 9.95. The first kappa shape index (κ1) is 14.6. The highest BCUT2D eigenvalue weighted by Crippen LogP contribution is 2.30. The Bertz CT molecular complexity index is 369. The number of rotatable bonds is 8. The maximum atomic E-state index is 9.95. The van der Waals surface area contributed by atoms with Gasteiger partial charge < -0.3 is 9.67 Å². The van der Waals surface area contributed by atoms with Crippen LogP contribution in [0.15, 0.2) is 12.4 Å². The van der Waals surface area contributed by atoms with E-state index in [-0.39, 0.29) is 6.10 Å². The van der Waals surface area contributed by atoms with E-state index in [0.717, 1.165) is 25.8 Å². The van der Waals surface area contributed by atoms with Crippen LogP contribution < -0.4 is 0 Å². The Morgan fingerprint density at radius 2 is 1.84 bits per heavy atom. The van der Waals surface area contributed by atoms with Crippen molar-refractivity contribution >= 4 is 0 Å². The molecule has 1 aliphatic carbocycles. The number of unbranched alkanes of at least 4 members (excludes halogenated alkanes) is 6. The third kappa shape index (κ3) is 4.38. The lowest BCUT2D eigenvalue weighted by molar-refractivity contribution is 0.157. The van der Waals surface area contributed by atoms with E-state index in [4.69, 9.17) is 0 Å². The van der Waals surface area contributed by atoms with Gasteiger partial charge in [-0.2, -0.15) is 0 Å². The normalized spacial score (nSPS) is 18.5. The van der Waals surface area contributed by atoms with Crippen LogP contribution in [-0.2, 0) is 13.0 Å². The lowest BCUT2D eigenvalue weighted by atomic mass is 9.93. The fraction of sp³-hybridized carbons (Fsp3) is 0.765. The van der Waals surface area contributed by atoms with Crippen LogP contribution in [0.3, 0.4) is 0 Å². The van der Waals surface area contributed by atoms with Gasteiger partial charge in [0.1, 0.15) is 0 Å². The Balaban J connectivity index is 1.66. The number of hydrogen-bond donors (Lipinski definition) is 1. The number of fused-ring (bicyclic) bond motifs is 1. The molecule has 0 saturated carbocycles. The average molecular weight is 263 g/mol. The Kier molecular flexibility index (Phi) is 5.96. The topological polar surface area (TPSA) is 25.2 Å². The molecule has 2 nitrogen and oxygen atoms in total. The quantitative estimate of drug-likeness (QED) is 0.681. The maximum Gasteiger partial charge on any atom is 0.0807 e. The van der Waals surface area contributed by atoms with E-state index in [2.05, 4.69) is 23.9 Å². The number of aliphatic hydroxyl groups is 1. The smallest absolute Gasteiger partial charge is 0.0807 e. The molecular formula is C17H29NO. The number of aromatic nitrogens is 1. The molecule has 1 N–H and O–H groups in total. The van der Waals surface area contributed by atoms with Crippen LogP contribution in [0.2, 0.25) is 0 Å². The third-order valence-corrected chi connectivity index (χ3v) is 4.30. The Morgan fingerprint density at radius 3 is 2.58 bits per heavy atom. The lowest BCUT2D eigenvalue weighted by Gasteiger charge is -2.16. The summed E-state index contributed by atoms with van der Waals surface area (Å²) in [6.45, 7) is 3.38. The van der Waals surface area contributed by atoms with Gasteiger partial charge in [0.2, 0.25) is 0 Å². The molecule has 0 amide bonds. The zero-order valence-electron chi connectivity index (χ0n) is 12.4. The van der Waals surface area contributed by atoms with Crippen LogP contribution in [0.4, 0.5) is 0 Å². The van der Waals surface area contributed by atoms with E-state index in [9.17, 15) is 5.11 Å². The predicted octanol–water partition coefficient (Wildman–Crippen LogP) is 4.61. The minimum atomic E-state index is -0.209. The summed E-state index contributed by atoms with van der Waals surface area (Å²) < 4.78 is 2.30. The molecule has 0 aliphatic heterocycles. The SMILES string of the molecule is CCCCCCCCCn1cc2c(c1)C(O)CCC2. The highest BCUT2D eigenvalue weighted by Gasteiger charge is 2.19. The van der Waals surface area contributed by atoms with Crippen LogP contribution in [-0.4, -0.2) is 9.67 Å². The van der Waals surface area contributed by atoms with Crippen LogP contribution in [0.5, 0.6) is 0 Å². The molecule has 108 valence electrons. The number of aryl methyl sites for hydroxylation is 2. The van der Waals surface area contributed by atoms with Gasteiger partial charge >= 0.3 is 0 Å². The molecular weight excluding hydrogens is 234 g/mol. The summed E-state index contributed by atoms with van der Waals surface area (Å²) in [5, 5.41) is 9.95. The molecule has 0 fully saturated rings. The van der Waals surface area contributed by atoms with Crippen LogP contribution in [0.1, 0.15) is 81.9 Å². The highest BCUT2D eigenvalue weighted by atomic mass is 16.3. The van der Waals surface area contributed by atoms with E-state index in [1.165, 1.54) is 56.1 Å². The summed E-state index contributed by atoms with van der Waals surface area (Å²) in [5.41, 5.74) is 2.57. The van der Waals surface area contributed by atoms with Gasteiger partial charge in [-0.1, -0.05) is 45.4 Å². The second-order valence-corrected chi connectivity index (χ2v) is 6.01. The summed E-state index contributed by atoms with van der Waals surface area (Å²) in [6.07, 6.45) is 17.0. The summed E-state index contributed by atoms with van der Waals surface area (Å²) in [7, 11) is 0. The molecule has 2 heteroatoms. The number of hydrogen-bond acceptors (Lipinski definition) is 1. The molecule has 0 saturated heterocycles. The van der Waals surface area contributed by atoms with Crippen molar-refractivity contribution in [3.05, 3.63) is 23.5 Å². The molecule has 1 unspecified atom stereocenters. The van der Waals surface area contributed by atoms with Gasteiger partial charge in [0.05, 0.1) is 6.10 Å². The van der Waals surface area contributed by atoms with Gasteiger partial charge in [-0.05, 0) is 31.2 Å². The highest BCUT2D eigenvalue weighted by molar-refractivity contribution is 5.28. The van der Waals surface area contributed by atoms with Gasteiger partial charge in [-0.25, -0.2) is 0 Å². The molecule has 0 radical (unpaired) electrons. The Labute approximate surface area is 117 Å². The monoisotopic (exact) mass is 263 g/mol. The first-order chi connectivity index (χ1) is 9.31. The van der Waals surface area contributed by atoms with Gasteiger partial charge in [0, 0.05) is 24.5 Å². The summed E-state index contributed by atoms with van der Waals surface area (Å²) in [5.74, 6) is 0. The fourth-order valence-electron chi connectivity index (χ4n) is 3.10. The molecule has 19 heavy (non-hydrogen) atoms. The zero-order chi connectivity index (χ0) is 13.5. The van der Waals surface area contributed by atoms with Crippen molar-refractivity contribution in [1.82, 2.24) is 4.57 Å². The summed E-state index contributed by atoms with van der Waals surface area (Å²) in [4.78, 5) is 0. The minimum absolute atomic E-state index is 0.209. The van der Waals surface area contributed by atoms with E-state index in [1.807, 2.05) is 0 Å². The largest absolute Gasteiger partial charge is 0.388 e. The minimum Gasteiger partial charge on any atom is -0.388 e. The molecule has 1 aromatic rings. The van der Waals surface area contributed by atoms with Crippen molar-refractivity contribution < 1.29 is 5.11 Å². The van der Waals surface area contributed by atoms with Crippen molar-refractivity contribution in [1.29, 1.82) is 0 Å². The predicted molar refractivity (Wildman–Crippen MR) is 80.3 cm³/mol.